The summed E-state index contributed by atoms with van der Waals surface area (Å²) in [6.45, 7) is 4.93. The van der Waals surface area contributed by atoms with Gasteiger partial charge in [0, 0.05) is 27.7 Å². The van der Waals surface area contributed by atoms with Crippen molar-refractivity contribution in [1.82, 2.24) is 24.8 Å². The van der Waals surface area contributed by atoms with E-state index in [9.17, 15) is 9.59 Å². The molecule has 3 heterocycles. The molecule has 1 aliphatic heterocycles. The van der Waals surface area contributed by atoms with Crippen LogP contribution in [0.4, 0.5) is 11.8 Å². The fourth-order valence-corrected chi connectivity index (χ4v) is 3.62. The van der Waals surface area contributed by atoms with Crippen molar-refractivity contribution in [3.8, 4) is 0 Å². The maximum absolute atomic E-state index is 12.2. The van der Waals surface area contributed by atoms with Crippen LogP contribution in [0.1, 0.15) is 20.1 Å². The highest BCUT2D eigenvalue weighted by Crippen LogP contribution is 2.37. The monoisotopic (exact) mass is 405 g/mol. The van der Waals surface area contributed by atoms with Crippen molar-refractivity contribution >= 4 is 35.1 Å². The van der Waals surface area contributed by atoms with Crippen LogP contribution in [0.15, 0.2) is 6.33 Å². The second-order valence-electron chi connectivity index (χ2n) is 7.48. The van der Waals surface area contributed by atoms with Crippen molar-refractivity contribution in [2.75, 3.05) is 38.4 Å². The van der Waals surface area contributed by atoms with Gasteiger partial charge in [-0.3, -0.25) is 9.36 Å². The topological polar surface area (TPSA) is 137 Å². The standard InChI is InChI=1S/C18H27N7O4/c1-9(2)6-24(4)18-22-14(19)11-15(23-18)25(8-21-11)17-13(28-5)10(7-26)12(29-17)16(27)20-3/h7-10,12-13,17H,6H2,1-5H3,(H,20,27)(H2,19,22,23). The van der Waals surface area contributed by atoms with Gasteiger partial charge in [0.2, 0.25) is 11.9 Å². The van der Waals surface area contributed by atoms with Crippen LogP contribution in [0.3, 0.4) is 0 Å². The average Bonchev–Trinajstić information content (AvgIpc) is 3.27. The Bertz CT molecular complexity index is 900. The summed E-state index contributed by atoms with van der Waals surface area (Å²) < 4.78 is 13.1. The molecule has 1 saturated heterocycles. The summed E-state index contributed by atoms with van der Waals surface area (Å²) in [6.07, 6.45) is -0.266. The number of anilines is 2. The summed E-state index contributed by atoms with van der Waals surface area (Å²) in [7, 11) is 4.84. The summed E-state index contributed by atoms with van der Waals surface area (Å²) in [4.78, 5) is 39.0. The number of rotatable bonds is 7. The molecule has 3 N–H and O–H groups in total. The van der Waals surface area contributed by atoms with Crippen molar-refractivity contribution < 1.29 is 19.1 Å². The molecule has 11 heteroatoms. The molecule has 4 unspecified atom stereocenters. The Hall–Kier alpha value is -2.79. The fourth-order valence-electron chi connectivity index (χ4n) is 3.62. The number of imidazole rings is 1. The highest BCUT2D eigenvalue weighted by Gasteiger charge is 2.49. The summed E-state index contributed by atoms with van der Waals surface area (Å²) in [5.41, 5.74) is 6.96. The number of carbonyl (C=O) groups is 2. The van der Waals surface area contributed by atoms with Crippen LogP contribution in [-0.2, 0) is 19.1 Å². The lowest BCUT2D eigenvalue weighted by atomic mass is 9.99. The van der Waals surface area contributed by atoms with E-state index in [4.69, 9.17) is 15.2 Å². The number of carbonyl (C=O) groups excluding carboxylic acids is 2. The maximum atomic E-state index is 12.2. The molecule has 1 aliphatic rings. The Morgan fingerprint density at radius 2 is 2.21 bits per heavy atom. The molecule has 1 fully saturated rings. The van der Waals surface area contributed by atoms with Crippen LogP contribution in [0, 0.1) is 11.8 Å². The molecule has 0 aromatic carbocycles. The molecular formula is C18H27N7O4. The van der Waals surface area contributed by atoms with E-state index in [1.165, 1.54) is 20.5 Å². The Labute approximate surface area is 168 Å². The minimum atomic E-state index is -0.979. The number of nitrogens with two attached hydrogens (primary N) is 1. The van der Waals surface area contributed by atoms with E-state index in [0.717, 1.165) is 6.54 Å². The third-order valence-corrected chi connectivity index (χ3v) is 4.92. The molecule has 0 radical (unpaired) electrons. The number of aldehydes is 1. The third kappa shape index (κ3) is 3.75. The van der Waals surface area contributed by atoms with Crippen LogP contribution in [0.5, 0.6) is 0 Å². The molecule has 0 bridgehead atoms. The molecule has 29 heavy (non-hydrogen) atoms. The molecule has 158 valence electrons. The highest BCUT2D eigenvalue weighted by atomic mass is 16.6. The zero-order chi connectivity index (χ0) is 21.3. The number of amides is 1. The lowest BCUT2D eigenvalue weighted by Gasteiger charge is -2.22. The van der Waals surface area contributed by atoms with Crippen molar-refractivity contribution in [2.45, 2.75) is 32.3 Å². The van der Waals surface area contributed by atoms with Crippen molar-refractivity contribution in [3.05, 3.63) is 6.33 Å². The Balaban J connectivity index is 2.05. The lowest BCUT2D eigenvalue weighted by molar-refractivity contribution is -0.137. The van der Waals surface area contributed by atoms with Crippen LogP contribution < -0.4 is 16.0 Å². The van der Waals surface area contributed by atoms with E-state index in [-0.39, 0.29) is 5.82 Å². The van der Waals surface area contributed by atoms with Gasteiger partial charge < -0.3 is 30.2 Å². The van der Waals surface area contributed by atoms with E-state index in [1.807, 2.05) is 11.9 Å². The van der Waals surface area contributed by atoms with E-state index >= 15 is 0 Å². The van der Waals surface area contributed by atoms with Crippen LogP contribution in [0.2, 0.25) is 0 Å². The summed E-state index contributed by atoms with van der Waals surface area (Å²) >= 11 is 0. The van der Waals surface area contributed by atoms with Gasteiger partial charge in [0.25, 0.3) is 0 Å². The van der Waals surface area contributed by atoms with Gasteiger partial charge in [0.1, 0.15) is 17.9 Å². The zero-order valence-electron chi connectivity index (χ0n) is 17.2. The number of hydrogen-bond donors (Lipinski definition) is 2. The van der Waals surface area contributed by atoms with Crippen LogP contribution >= 0.6 is 0 Å². The number of likely N-dealkylation sites (N-methyl/N-ethyl adjacent to an activating group) is 1. The van der Waals surface area contributed by atoms with E-state index < -0.39 is 30.3 Å². The number of hydrogen-bond acceptors (Lipinski definition) is 9. The van der Waals surface area contributed by atoms with E-state index in [1.54, 1.807) is 4.57 Å². The lowest BCUT2D eigenvalue weighted by Crippen LogP contribution is -2.38. The molecule has 0 spiro atoms. The van der Waals surface area contributed by atoms with Gasteiger partial charge in [-0.15, -0.1) is 0 Å². The van der Waals surface area contributed by atoms with Crippen molar-refractivity contribution in [1.29, 1.82) is 0 Å². The summed E-state index contributed by atoms with van der Waals surface area (Å²) in [6, 6.07) is 0. The van der Waals surface area contributed by atoms with Crippen molar-refractivity contribution in [3.63, 3.8) is 0 Å². The number of ether oxygens (including phenoxy) is 2. The summed E-state index contributed by atoms with van der Waals surface area (Å²) in [5, 5.41) is 2.51. The normalized spacial score (nSPS) is 24.2. The Kier molecular flexibility index (Phi) is 5.99. The first-order valence-corrected chi connectivity index (χ1v) is 9.38. The molecule has 0 saturated carbocycles. The van der Waals surface area contributed by atoms with Gasteiger partial charge in [-0.25, -0.2) is 4.98 Å². The predicted molar refractivity (Wildman–Crippen MR) is 106 cm³/mol. The Morgan fingerprint density at radius 3 is 2.79 bits per heavy atom. The number of nitrogens with zero attached hydrogens (tertiary/aromatic N) is 5. The molecule has 3 rings (SSSR count). The predicted octanol–water partition coefficient (Wildman–Crippen LogP) is -0.0258. The largest absolute Gasteiger partial charge is 0.382 e. The number of nitrogens with one attached hydrogen (secondary N) is 1. The fraction of sp³-hybridized carbons (Fsp3) is 0.611. The number of fused-ring (bicyclic) bond motifs is 1. The SMILES string of the molecule is CNC(=O)C1OC(n2cnc3c(N)nc(N(C)CC(C)C)nc32)C(OC)C1C=O. The molecular weight excluding hydrogens is 378 g/mol. The molecule has 11 nitrogen and oxygen atoms in total. The van der Waals surface area contributed by atoms with Crippen molar-refractivity contribution in [2.24, 2.45) is 11.8 Å². The third-order valence-electron chi connectivity index (χ3n) is 4.92. The Morgan fingerprint density at radius 1 is 1.48 bits per heavy atom. The number of methoxy groups -OCH3 is 1. The van der Waals surface area contributed by atoms with E-state index in [2.05, 4.69) is 34.1 Å². The molecule has 2 aromatic rings. The van der Waals surface area contributed by atoms with Gasteiger partial charge in [0.05, 0.1) is 12.2 Å². The zero-order valence-corrected chi connectivity index (χ0v) is 17.2. The minimum Gasteiger partial charge on any atom is -0.382 e. The highest BCUT2D eigenvalue weighted by molar-refractivity contribution is 5.85. The first-order valence-electron chi connectivity index (χ1n) is 9.38. The van der Waals surface area contributed by atoms with Crippen LogP contribution in [0.25, 0.3) is 11.2 Å². The molecule has 4 atom stereocenters. The molecule has 1 amide bonds. The van der Waals surface area contributed by atoms with E-state index in [0.29, 0.717) is 29.3 Å². The minimum absolute atomic E-state index is 0.237. The number of aromatic nitrogens is 4. The smallest absolute Gasteiger partial charge is 0.249 e. The first kappa shape index (κ1) is 20.9. The first-order chi connectivity index (χ1) is 13.8. The molecule has 0 aliphatic carbocycles. The van der Waals surface area contributed by atoms with Crippen LogP contribution in [-0.4, -0.2) is 71.7 Å². The van der Waals surface area contributed by atoms with Gasteiger partial charge in [0.15, 0.2) is 23.8 Å². The second-order valence-corrected chi connectivity index (χ2v) is 7.48. The van der Waals surface area contributed by atoms with Gasteiger partial charge >= 0.3 is 0 Å². The summed E-state index contributed by atoms with van der Waals surface area (Å²) in [5.74, 6) is -0.0799. The quantitative estimate of drug-likeness (QED) is 0.608. The molecule has 2 aromatic heterocycles. The number of nitrogen functional groups attached to an aromatic ring is 1. The van der Waals surface area contributed by atoms with Gasteiger partial charge in [-0.2, -0.15) is 9.97 Å². The van der Waals surface area contributed by atoms with Gasteiger partial charge in [-0.05, 0) is 5.92 Å². The van der Waals surface area contributed by atoms with Gasteiger partial charge in [-0.1, -0.05) is 13.8 Å². The maximum Gasteiger partial charge on any atom is 0.249 e. The average molecular weight is 405 g/mol. The second kappa shape index (κ2) is 8.29.